The van der Waals surface area contributed by atoms with Gasteiger partial charge in [-0.25, -0.2) is 22.4 Å². The van der Waals surface area contributed by atoms with Gasteiger partial charge in [0.2, 0.25) is 0 Å². The molecule has 53 heavy (non-hydrogen) atoms. The topological polar surface area (TPSA) is 99.1 Å². The molecule has 2 aromatic carbocycles. The average Bonchev–Trinajstić information content (AvgIpc) is 3.73. The second-order valence-electron chi connectivity index (χ2n) is 15.9. The average molecular weight is 738 g/mol. The first-order chi connectivity index (χ1) is 25.3. The Morgan fingerprint density at radius 1 is 1.04 bits per heavy atom. The van der Waals surface area contributed by atoms with Gasteiger partial charge in [0.25, 0.3) is 0 Å². The first-order valence-electron chi connectivity index (χ1n) is 18.3. The zero-order chi connectivity index (χ0) is 37.2. The van der Waals surface area contributed by atoms with Crippen LogP contribution in [0.5, 0.6) is 11.8 Å². The van der Waals surface area contributed by atoms with E-state index in [1.165, 1.54) is 31.5 Å². The molecule has 0 N–H and O–H groups in total. The highest BCUT2D eigenvalue weighted by Crippen LogP contribution is 2.46. The van der Waals surface area contributed by atoms with E-state index >= 15 is 8.78 Å². The van der Waals surface area contributed by atoms with Crippen LogP contribution in [0.4, 0.5) is 22.4 Å². The number of hydrogen-bond donors (Lipinski definition) is 0. The minimum Gasteiger partial charge on any atom is -0.468 e. The molecule has 4 aliphatic heterocycles. The number of pyridine rings is 1. The summed E-state index contributed by atoms with van der Waals surface area (Å²) in [5.74, 6) is -3.08. The highest BCUT2D eigenvalue weighted by Gasteiger charge is 2.50. The third kappa shape index (κ3) is 6.51. The number of fused-ring (bicyclic) bond motifs is 5. The number of nitrogens with zero attached hydrogens (tertiary/aromatic N) is 5. The van der Waals surface area contributed by atoms with Crippen molar-refractivity contribution in [2.45, 2.75) is 101 Å². The van der Waals surface area contributed by atoms with Crippen molar-refractivity contribution in [3.8, 4) is 23.0 Å². The van der Waals surface area contributed by atoms with Gasteiger partial charge in [0, 0.05) is 60.6 Å². The van der Waals surface area contributed by atoms with Gasteiger partial charge in [-0.1, -0.05) is 6.07 Å². The Morgan fingerprint density at radius 3 is 2.55 bits per heavy atom. The predicted molar refractivity (Wildman–Crippen MR) is 188 cm³/mol. The third-order valence-electron chi connectivity index (χ3n) is 11.2. The van der Waals surface area contributed by atoms with Gasteiger partial charge in [0.1, 0.15) is 35.3 Å². The van der Waals surface area contributed by atoms with E-state index in [1.807, 2.05) is 25.7 Å². The fraction of sp³-hybridized carbons (Fsp3) is 0.538. The lowest BCUT2D eigenvalue weighted by Gasteiger charge is -2.39. The Bertz CT molecular complexity index is 2070. The Kier molecular flexibility index (Phi) is 9.11. The summed E-state index contributed by atoms with van der Waals surface area (Å²) in [6.45, 7) is 6.63. The van der Waals surface area contributed by atoms with Crippen molar-refractivity contribution in [2.24, 2.45) is 0 Å². The van der Waals surface area contributed by atoms with Crippen molar-refractivity contribution in [1.82, 2.24) is 24.8 Å². The molecule has 5 atom stereocenters. The lowest BCUT2D eigenvalue weighted by Crippen LogP contribution is -2.48. The molecule has 8 rings (SSSR count). The summed E-state index contributed by atoms with van der Waals surface area (Å²) >= 11 is 0. The molecular formula is C39H43F4N5O5. The summed E-state index contributed by atoms with van der Waals surface area (Å²) in [7, 11) is 1.44. The Labute approximate surface area is 304 Å². The number of ether oxygens (including phenoxy) is 4. The van der Waals surface area contributed by atoms with Crippen LogP contribution in [-0.2, 0) is 9.47 Å². The third-order valence-corrected chi connectivity index (χ3v) is 11.2. The van der Waals surface area contributed by atoms with Crippen LogP contribution >= 0.6 is 0 Å². The van der Waals surface area contributed by atoms with Crippen LogP contribution in [0.25, 0.3) is 32.9 Å². The number of benzene rings is 2. The molecule has 4 aliphatic rings. The van der Waals surface area contributed by atoms with Crippen molar-refractivity contribution in [3.63, 3.8) is 0 Å². The fourth-order valence-corrected chi connectivity index (χ4v) is 9.05. The van der Waals surface area contributed by atoms with Gasteiger partial charge < -0.3 is 23.8 Å². The second-order valence-corrected chi connectivity index (χ2v) is 15.9. The predicted octanol–water partition coefficient (Wildman–Crippen LogP) is 7.85. The molecule has 282 valence electrons. The summed E-state index contributed by atoms with van der Waals surface area (Å²) < 4.78 is 84.5. The van der Waals surface area contributed by atoms with E-state index in [-0.39, 0.29) is 76.8 Å². The maximum Gasteiger partial charge on any atom is 0.410 e. The highest BCUT2D eigenvalue weighted by atomic mass is 19.2. The van der Waals surface area contributed by atoms with Gasteiger partial charge in [0.15, 0.2) is 24.2 Å². The minimum absolute atomic E-state index is 0.0308. The van der Waals surface area contributed by atoms with Crippen molar-refractivity contribution >= 4 is 27.8 Å². The van der Waals surface area contributed by atoms with E-state index in [0.717, 1.165) is 38.3 Å². The molecule has 0 spiro atoms. The van der Waals surface area contributed by atoms with Gasteiger partial charge in [0.05, 0.1) is 11.2 Å². The van der Waals surface area contributed by atoms with Crippen LogP contribution in [-0.4, -0.2) is 93.8 Å². The van der Waals surface area contributed by atoms with Crippen LogP contribution < -0.4 is 9.47 Å². The molecule has 10 nitrogen and oxygen atoms in total. The Balaban J connectivity index is 1.23. The van der Waals surface area contributed by atoms with Crippen LogP contribution in [0.1, 0.15) is 77.3 Å². The SMILES string of the molecule is COCOc1cc(-c2ncc3c(C4C[C@H]5CC[C@@H](C4)N5C(=O)OC(C)(C)C)nc(OC[C@@]45CCCN4C[C@H](F)C5)nc3c2F)c2c(F)c(F)ccc2c1. The second kappa shape index (κ2) is 13.5. The van der Waals surface area contributed by atoms with Crippen LogP contribution in [0.15, 0.2) is 30.5 Å². The van der Waals surface area contributed by atoms with Crippen molar-refractivity contribution in [2.75, 3.05) is 33.6 Å². The first kappa shape index (κ1) is 35.7. The molecule has 6 heterocycles. The zero-order valence-corrected chi connectivity index (χ0v) is 30.3. The Morgan fingerprint density at radius 2 is 1.81 bits per heavy atom. The number of piperidine rings is 1. The van der Waals surface area contributed by atoms with E-state index in [1.54, 1.807) is 0 Å². The maximum absolute atomic E-state index is 17.1. The number of aromatic nitrogens is 3. The van der Waals surface area contributed by atoms with E-state index < -0.39 is 34.8 Å². The number of amides is 1. The smallest absolute Gasteiger partial charge is 0.410 e. The van der Waals surface area contributed by atoms with Gasteiger partial charge in [-0.15, -0.1) is 0 Å². The molecule has 1 unspecified atom stereocenters. The number of carbonyl (C=O) groups is 1. The van der Waals surface area contributed by atoms with Gasteiger partial charge >= 0.3 is 12.1 Å². The van der Waals surface area contributed by atoms with Crippen LogP contribution in [0, 0.1) is 17.5 Å². The zero-order valence-electron chi connectivity index (χ0n) is 30.3. The van der Waals surface area contributed by atoms with Crippen molar-refractivity contribution in [3.05, 3.63) is 53.6 Å². The van der Waals surface area contributed by atoms with E-state index in [0.29, 0.717) is 36.9 Å². The number of halogens is 4. The molecule has 0 radical (unpaired) electrons. The van der Waals surface area contributed by atoms with E-state index in [2.05, 4.69) is 14.9 Å². The number of methoxy groups -OCH3 is 1. The number of alkyl halides is 1. The molecule has 4 fully saturated rings. The summed E-state index contributed by atoms with van der Waals surface area (Å²) in [5, 5.41) is 0.457. The maximum atomic E-state index is 17.1. The molecule has 2 bridgehead atoms. The standard InChI is InChI=1S/C39H43F4N5O5/c1-38(2,3)53-37(49)48-24-7-8-25(48)13-22(12-24)33-28-17-44-34(27-15-26(52-20-50-4)14-21-6-9-29(41)31(42)30(21)27)32(43)35(28)46-36(45-33)51-19-39-10-5-11-47(39)18-23(40)16-39/h6,9,14-15,17,22-25H,5,7-8,10-13,16,18-20H2,1-4H3/t22?,23-,24-,25+,39+/m1/s1. The lowest BCUT2D eigenvalue weighted by atomic mass is 9.86. The Hall–Kier alpha value is -4.30. The summed E-state index contributed by atoms with van der Waals surface area (Å²) in [6.07, 6.45) is 4.86. The molecule has 0 aliphatic carbocycles. The minimum atomic E-state index is -1.15. The fourth-order valence-electron chi connectivity index (χ4n) is 9.05. The molecule has 0 saturated carbocycles. The molecule has 4 aromatic rings. The largest absolute Gasteiger partial charge is 0.468 e. The van der Waals surface area contributed by atoms with Crippen LogP contribution in [0.2, 0.25) is 0 Å². The van der Waals surface area contributed by atoms with Gasteiger partial charge in [-0.3, -0.25) is 9.88 Å². The monoisotopic (exact) mass is 737 g/mol. The van der Waals surface area contributed by atoms with Crippen molar-refractivity contribution in [1.29, 1.82) is 0 Å². The number of rotatable bonds is 8. The summed E-state index contributed by atoms with van der Waals surface area (Å²) in [6, 6.07) is 5.02. The summed E-state index contributed by atoms with van der Waals surface area (Å²) in [5.41, 5.74) is -1.01. The normalized spacial score (nSPS) is 25.7. The van der Waals surface area contributed by atoms with E-state index in [9.17, 15) is 13.6 Å². The molecule has 1 amide bonds. The molecule has 14 heteroatoms. The number of carbonyl (C=O) groups excluding carboxylic acids is 1. The van der Waals surface area contributed by atoms with Gasteiger partial charge in [-0.2, -0.15) is 9.97 Å². The highest BCUT2D eigenvalue weighted by molar-refractivity contribution is 5.99. The van der Waals surface area contributed by atoms with Gasteiger partial charge in [-0.05, 0) is 89.4 Å². The molecule has 2 aromatic heterocycles. The first-order valence-corrected chi connectivity index (χ1v) is 18.3. The van der Waals surface area contributed by atoms with E-state index in [4.69, 9.17) is 23.9 Å². The quantitative estimate of drug-likeness (QED) is 0.132. The number of hydrogen-bond acceptors (Lipinski definition) is 9. The van der Waals surface area contributed by atoms with Crippen LogP contribution in [0.3, 0.4) is 0 Å². The molecular weight excluding hydrogens is 694 g/mol. The molecule has 4 saturated heterocycles. The lowest BCUT2D eigenvalue weighted by molar-refractivity contribution is 0.00570. The van der Waals surface area contributed by atoms with Crippen molar-refractivity contribution < 1.29 is 41.3 Å². The summed E-state index contributed by atoms with van der Waals surface area (Å²) in [4.78, 5) is 31.1.